The Hall–Kier alpha value is -0.490. The van der Waals surface area contributed by atoms with Crippen molar-refractivity contribution in [2.75, 3.05) is 13.2 Å². The molecule has 5 nitrogen and oxygen atoms in total. The Kier molecular flexibility index (Phi) is 3.31. The Morgan fingerprint density at radius 1 is 1.50 bits per heavy atom. The van der Waals surface area contributed by atoms with Gasteiger partial charge in [-0.1, -0.05) is 0 Å². The largest absolute Gasteiger partial charge is 0.394 e. The minimum absolute atomic E-state index is 0.926. The van der Waals surface area contributed by atoms with Gasteiger partial charge in [0.05, 0.1) is 7.95 Å². The topological polar surface area (TPSA) is 98.0 Å². The highest BCUT2D eigenvalue weighted by Crippen LogP contribution is 1.92. The van der Waals surface area contributed by atoms with E-state index in [-0.39, 0.29) is 0 Å². The van der Waals surface area contributed by atoms with E-state index >= 15 is 0 Å². The molecule has 0 fully saturated rings. The van der Waals surface area contributed by atoms with Crippen LogP contribution in [0.5, 0.6) is 0 Å². The highest BCUT2D eigenvalue weighted by atomic mass is 16.4. The summed E-state index contributed by atoms with van der Waals surface area (Å²) in [6.45, 7) is -2.87. The maximum Gasteiger partial charge on any atom is 0.189 e. The van der Waals surface area contributed by atoms with Crippen LogP contribution in [0, 0.1) is 0 Å². The highest BCUT2D eigenvalue weighted by Gasteiger charge is 2.21. The predicted octanol–water partition coefficient (Wildman–Crippen LogP) is -2.74. The van der Waals surface area contributed by atoms with E-state index in [1.807, 2.05) is 0 Å². The minimum atomic E-state index is -1.94. The molecule has 0 aromatic heterocycles. The van der Waals surface area contributed by atoms with Crippen LogP contribution in [0.1, 0.15) is 1.37 Å². The third-order valence-electron chi connectivity index (χ3n) is 0.962. The zero-order valence-corrected chi connectivity index (χ0v) is 5.14. The standard InChI is InChI=1S/C5H10O5/c6-1-3(8)5(10)4(9)2-7/h3,5-8,10H,1-2H2/t3-,5+/m1/s1/i1D/t1?,3-,5+. The number of carbonyl (C=O) groups is 1. The van der Waals surface area contributed by atoms with E-state index in [4.69, 9.17) is 21.8 Å². The van der Waals surface area contributed by atoms with Crippen LogP contribution in [0.2, 0.25) is 0 Å². The summed E-state index contributed by atoms with van der Waals surface area (Å²) in [6, 6.07) is 0. The molecule has 0 saturated carbocycles. The first-order valence-corrected chi connectivity index (χ1v) is 2.60. The van der Waals surface area contributed by atoms with Gasteiger partial charge in [-0.25, -0.2) is 0 Å². The average molecular weight is 151 g/mol. The zero-order chi connectivity index (χ0) is 9.02. The lowest BCUT2D eigenvalue weighted by Crippen LogP contribution is -2.37. The smallest absolute Gasteiger partial charge is 0.189 e. The van der Waals surface area contributed by atoms with Gasteiger partial charge in [0.1, 0.15) is 18.8 Å². The Bertz CT molecular complexity index is 137. The molecule has 0 amide bonds. The zero-order valence-electron chi connectivity index (χ0n) is 6.14. The highest BCUT2D eigenvalue weighted by molar-refractivity contribution is 5.84. The van der Waals surface area contributed by atoms with Crippen LogP contribution >= 0.6 is 0 Å². The van der Waals surface area contributed by atoms with E-state index in [0.717, 1.165) is 0 Å². The normalized spacial score (nSPS) is 21.0. The van der Waals surface area contributed by atoms with Gasteiger partial charge in [0.15, 0.2) is 5.78 Å². The van der Waals surface area contributed by atoms with Gasteiger partial charge in [-0.05, 0) is 0 Å². The van der Waals surface area contributed by atoms with E-state index in [2.05, 4.69) is 0 Å². The number of Topliss-reactive ketones (excluding diaryl/α,β-unsaturated/α-hetero) is 1. The predicted molar refractivity (Wildman–Crippen MR) is 31.2 cm³/mol. The number of rotatable bonds is 4. The Balaban J connectivity index is 4.01. The summed E-state index contributed by atoms with van der Waals surface area (Å²) in [7, 11) is 0. The summed E-state index contributed by atoms with van der Waals surface area (Å²) in [5.41, 5.74) is 0. The molecule has 4 N–H and O–H groups in total. The second kappa shape index (κ2) is 4.35. The Labute approximate surface area is 58.9 Å². The van der Waals surface area contributed by atoms with Crippen LogP contribution in [0.25, 0.3) is 0 Å². The van der Waals surface area contributed by atoms with Gasteiger partial charge >= 0.3 is 0 Å². The van der Waals surface area contributed by atoms with Crippen LogP contribution < -0.4 is 0 Å². The SMILES string of the molecule is [2H]C(O)[C@@H](O)[C@H](O)C(=O)CO. The molecular formula is C5H10O5. The van der Waals surface area contributed by atoms with Gasteiger partial charge in [0, 0.05) is 0 Å². The van der Waals surface area contributed by atoms with Crippen LogP contribution in [0.3, 0.4) is 0 Å². The van der Waals surface area contributed by atoms with Crippen molar-refractivity contribution in [3.05, 3.63) is 0 Å². The summed E-state index contributed by atoms with van der Waals surface area (Å²) in [4.78, 5) is 10.4. The fourth-order valence-corrected chi connectivity index (χ4v) is 0.366. The molecule has 0 aliphatic rings. The average Bonchev–Trinajstić information content (AvgIpc) is 2.00. The second-order valence-corrected chi connectivity index (χ2v) is 1.71. The lowest BCUT2D eigenvalue weighted by atomic mass is 10.1. The molecule has 0 spiro atoms. The summed E-state index contributed by atoms with van der Waals surface area (Å²) in [5.74, 6) is -1.02. The molecule has 0 bridgehead atoms. The van der Waals surface area contributed by atoms with Crippen LogP contribution in [-0.2, 0) is 4.79 Å². The molecule has 0 aliphatic heterocycles. The van der Waals surface area contributed by atoms with Crippen molar-refractivity contribution in [2.24, 2.45) is 0 Å². The molecule has 0 aliphatic carbocycles. The lowest BCUT2D eigenvalue weighted by molar-refractivity contribution is -0.137. The molecule has 5 heteroatoms. The first-order valence-electron chi connectivity index (χ1n) is 3.18. The van der Waals surface area contributed by atoms with E-state index in [1.165, 1.54) is 0 Å². The molecule has 0 radical (unpaired) electrons. The molecule has 3 atom stereocenters. The molecule has 10 heavy (non-hydrogen) atoms. The van der Waals surface area contributed by atoms with Gasteiger partial charge in [0.25, 0.3) is 0 Å². The molecule has 0 aromatic carbocycles. The summed E-state index contributed by atoms with van der Waals surface area (Å²) in [6.07, 6.45) is -3.76. The van der Waals surface area contributed by atoms with Gasteiger partial charge in [0.2, 0.25) is 0 Å². The van der Waals surface area contributed by atoms with E-state index in [0.29, 0.717) is 0 Å². The number of aliphatic hydroxyl groups is 4. The quantitative estimate of drug-likeness (QED) is 0.349. The number of hydrogen-bond donors (Lipinski definition) is 4. The van der Waals surface area contributed by atoms with E-state index in [1.54, 1.807) is 0 Å². The van der Waals surface area contributed by atoms with Crippen molar-refractivity contribution in [1.29, 1.82) is 0 Å². The van der Waals surface area contributed by atoms with Crippen molar-refractivity contribution in [2.45, 2.75) is 12.2 Å². The fourth-order valence-electron chi connectivity index (χ4n) is 0.366. The number of carbonyl (C=O) groups excluding carboxylic acids is 1. The van der Waals surface area contributed by atoms with Crippen LogP contribution in [0.4, 0.5) is 0 Å². The minimum Gasteiger partial charge on any atom is -0.394 e. The molecule has 0 aromatic rings. The first kappa shape index (κ1) is 7.62. The molecule has 60 valence electrons. The molecule has 1 unspecified atom stereocenters. The van der Waals surface area contributed by atoms with Gasteiger partial charge < -0.3 is 20.4 Å². The molecule has 0 saturated heterocycles. The number of hydrogen-bond acceptors (Lipinski definition) is 5. The Morgan fingerprint density at radius 2 is 2.00 bits per heavy atom. The van der Waals surface area contributed by atoms with Crippen molar-refractivity contribution >= 4 is 5.78 Å². The molecule has 0 heterocycles. The van der Waals surface area contributed by atoms with Gasteiger partial charge in [-0.15, -0.1) is 0 Å². The van der Waals surface area contributed by atoms with Crippen LogP contribution in [-0.4, -0.2) is 51.6 Å². The summed E-state index contributed by atoms with van der Waals surface area (Å²) < 4.78 is 6.49. The number of aliphatic hydroxyl groups excluding tert-OH is 4. The third kappa shape index (κ3) is 2.40. The first-order chi connectivity index (χ1) is 5.00. The van der Waals surface area contributed by atoms with Crippen LogP contribution in [0.15, 0.2) is 0 Å². The second-order valence-electron chi connectivity index (χ2n) is 1.71. The summed E-state index contributed by atoms with van der Waals surface area (Å²) in [5, 5.41) is 33.9. The van der Waals surface area contributed by atoms with Crippen molar-refractivity contribution in [3.8, 4) is 0 Å². The van der Waals surface area contributed by atoms with Crippen molar-refractivity contribution in [3.63, 3.8) is 0 Å². The Morgan fingerprint density at radius 3 is 2.30 bits per heavy atom. The summed E-state index contributed by atoms with van der Waals surface area (Å²) >= 11 is 0. The van der Waals surface area contributed by atoms with Crippen molar-refractivity contribution < 1.29 is 26.6 Å². The van der Waals surface area contributed by atoms with Crippen molar-refractivity contribution in [1.82, 2.24) is 0 Å². The third-order valence-corrected chi connectivity index (χ3v) is 0.962. The maximum absolute atomic E-state index is 10.4. The maximum atomic E-state index is 10.4. The van der Waals surface area contributed by atoms with Gasteiger partial charge in [-0.2, -0.15) is 0 Å². The molecule has 0 rings (SSSR count). The number of ketones is 1. The monoisotopic (exact) mass is 151 g/mol. The van der Waals surface area contributed by atoms with Gasteiger partial charge in [-0.3, -0.25) is 4.79 Å². The molecular weight excluding hydrogens is 140 g/mol. The van der Waals surface area contributed by atoms with E-state index < -0.39 is 31.2 Å². The lowest BCUT2D eigenvalue weighted by Gasteiger charge is -2.11. The van der Waals surface area contributed by atoms with E-state index in [9.17, 15) is 4.79 Å². The fraction of sp³-hybridized carbons (Fsp3) is 0.800.